The normalized spacial score (nSPS) is 23.2. The number of carbonyl (C=O) groups excluding carboxylic acids is 2. The van der Waals surface area contributed by atoms with Crippen LogP contribution >= 0.6 is 0 Å². The minimum atomic E-state index is -0.593. The van der Waals surface area contributed by atoms with Gasteiger partial charge in [0.1, 0.15) is 12.6 Å². The summed E-state index contributed by atoms with van der Waals surface area (Å²) in [5.74, 6) is -0.0830. The van der Waals surface area contributed by atoms with Crippen molar-refractivity contribution in [3.05, 3.63) is 70.6 Å². The van der Waals surface area contributed by atoms with E-state index in [1.54, 1.807) is 21.9 Å². The molecule has 3 aliphatic rings. The number of piperazine rings is 1. The zero-order valence-electron chi connectivity index (χ0n) is 18.1. The van der Waals surface area contributed by atoms with Gasteiger partial charge in [-0.05, 0) is 42.2 Å². The summed E-state index contributed by atoms with van der Waals surface area (Å²) in [7, 11) is 0. The Morgan fingerprint density at radius 1 is 1.06 bits per heavy atom. The molecular formula is C25H25N4O4-. The van der Waals surface area contributed by atoms with Gasteiger partial charge in [-0.3, -0.25) is 14.8 Å². The molecule has 3 aromatic rings. The Labute approximate surface area is 190 Å². The largest absolute Gasteiger partial charge is 0.733 e. The molecule has 2 N–H and O–H groups in total. The number of nitrogens with zero attached hydrogens (tertiary/aromatic N) is 3. The molecule has 170 valence electrons. The van der Waals surface area contributed by atoms with Crippen LogP contribution < -0.4 is 5.23 Å². The number of amides is 2. The maximum absolute atomic E-state index is 13.7. The Morgan fingerprint density at radius 2 is 1.85 bits per heavy atom. The van der Waals surface area contributed by atoms with Crippen LogP contribution in [0.4, 0.5) is 5.69 Å². The predicted octanol–water partition coefficient (Wildman–Crippen LogP) is 3.49. The third-order valence-electron chi connectivity index (χ3n) is 7.47. The van der Waals surface area contributed by atoms with Crippen LogP contribution in [0, 0.1) is 5.21 Å². The zero-order chi connectivity index (χ0) is 22.7. The van der Waals surface area contributed by atoms with E-state index in [9.17, 15) is 20.0 Å². The van der Waals surface area contributed by atoms with Crippen LogP contribution in [0.2, 0.25) is 0 Å². The molecule has 1 aliphatic carbocycles. The number of hydrogen-bond acceptors (Lipinski definition) is 5. The fourth-order valence-electron chi connectivity index (χ4n) is 5.97. The number of aromatic amines is 1. The minimum absolute atomic E-state index is 0.00574. The van der Waals surface area contributed by atoms with Gasteiger partial charge in [0, 0.05) is 29.1 Å². The third-order valence-corrected chi connectivity index (χ3v) is 7.47. The van der Waals surface area contributed by atoms with Crippen molar-refractivity contribution in [1.82, 2.24) is 14.8 Å². The second-order valence-electron chi connectivity index (χ2n) is 9.26. The Kier molecular flexibility index (Phi) is 4.67. The van der Waals surface area contributed by atoms with Crippen molar-refractivity contribution >= 4 is 28.4 Å². The van der Waals surface area contributed by atoms with E-state index in [2.05, 4.69) is 4.98 Å². The second kappa shape index (κ2) is 7.60. The summed E-state index contributed by atoms with van der Waals surface area (Å²) in [4.78, 5) is 34.3. The van der Waals surface area contributed by atoms with Gasteiger partial charge in [0.05, 0.1) is 11.7 Å². The summed E-state index contributed by atoms with van der Waals surface area (Å²) in [6, 6.07) is 13.5. The van der Waals surface area contributed by atoms with Gasteiger partial charge in [0.25, 0.3) is 0 Å². The van der Waals surface area contributed by atoms with Crippen LogP contribution in [0.5, 0.6) is 0 Å². The average Bonchev–Trinajstić information content (AvgIpc) is 3.48. The molecule has 0 spiro atoms. The molecule has 0 radical (unpaired) electrons. The lowest BCUT2D eigenvalue weighted by atomic mass is 9.85. The SMILES string of the molecule is O=C1C2Cc3c([nH]c4ccccc34)C(c3cccc(N([O-])O)c3)N2C(=O)CN1C1CCCC1. The van der Waals surface area contributed by atoms with Crippen LogP contribution in [0.15, 0.2) is 48.5 Å². The monoisotopic (exact) mass is 445 g/mol. The van der Waals surface area contributed by atoms with E-state index in [0.29, 0.717) is 12.0 Å². The van der Waals surface area contributed by atoms with E-state index >= 15 is 0 Å². The van der Waals surface area contributed by atoms with Crippen LogP contribution in [0.3, 0.4) is 0 Å². The van der Waals surface area contributed by atoms with Crippen molar-refractivity contribution in [3.63, 3.8) is 0 Å². The molecule has 0 bridgehead atoms. The Morgan fingerprint density at radius 3 is 2.64 bits per heavy atom. The Balaban J connectivity index is 1.51. The van der Waals surface area contributed by atoms with Gasteiger partial charge in [0.15, 0.2) is 0 Å². The fraction of sp³-hybridized carbons (Fsp3) is 0.360. The lowest BCUT2D eigenvalue weighted by molar-refractivity contribution is -0.160. The van der Waals surface area contributed by atoms with Gasteiger partial charge in [-0.25, -0.2) is 0 Å². The molecule has 33 heavy (non-hydrogen) atoms. The molecule has 2 amide bonds. The molecule has 2 fully saturated rings. The van der Waals surface area contributed by atoms with E-state index < -0.39 is 12.1 Å². The summed E-state index contributed by atoms with van der Waals surface area (Å²) in [6.07, 6.45) is 4.53. The predicted molar refractivity (Wildman–Crippen MR) is 123 cm³/mol. The minimum Gasteiger partial charge on any atom is -0.733 e. The number of rotatable bonds is 3. The number of aromatic nitrogens is 1. The van der Waals surface area contributed by atoms with E-state index in [4.69, 9.17) is 0 Å². The van der Waals surface area contributed by atoms with Crippen molar-refractivity contribution < 1.29 is 14.8 Å². The van der Waals surface area contributed by atoms with Crippen molar-refractivity contribution in [2.24, 2.45) is 0 Å². The van der Waals surface area contributed by atoms with Gasteiger partial charge in [-0.2, -0.15) is 0 Å². The van der Waals surface area contributed by atoms with Crippen molar-refractivity contribution in [2.45, 2.75) is 50.2 Å². The number of H-pyrrole nitrogens is 1. The lowest BCUT2D eigenvalue weighted by Gasteiger charge is -2.48. The number of fused-ring (bicyclic) bond motifs is 4. The number of para-hydroxylation sites is 1. The molecule has 2 unspecified atom stereocenters. The standard InChI is InChI=1S/C25H25N4O4/c30-22-14-27(16-7-1-2-8-16)25(31)21-13-19-18-10-3-4-11-20(18)26-23(19)24(28(21)22)15-6-5-9-17(12-15)29(32)33/h3-6,9-12,16,21,24,26,32H,1-2,7-8,13-14H2/q-1. The summed E-state index contributed by atoms with van der Waals surface area (Å²) in [5, 5.41) is 21.9. The summed E-state index contributed by atoms with van der Waals surface area (Å²) < 4.78 is 0. The van der Waals surface area contributed by atoms with Gasteiger partial charge in [-0.1, -0.05) is 43.2 Å². The molecule has 3 heterocycles. The van der Waals surface area contributed by atoms with E-state index in [1.165, 1.54) is 6.07 Å². The van der Waals surface area contributed by atoms with Gasteiger partial charge < -0.3 is 25.2 Å². The maximum atomic E-state index is 13.7. The molecule has 2 aliphatic heterocycles. The molecular weight excluding hydrogens is 420 g/mol. The molecule has 1 aromatic heterocycles. The highest BCUT2D eigenvalue weighted by Crippen LogP contribution is 2.43. The van der Waals surface area contributed by atoms with Gasteiger partial charge in [-0.15, -0.1) is 0 Å². The summed E-state index contributed by atoms with van der Waals surface area (Å²) in [5.41, 5.74) is 3.59. The summed E-state index contributed by atoms with van der Waals surface area (Å²) in [6.45, 7) is 0.0828. The lowest BCUT2D eigenvalue weighted by Crippen LogP contribution is -2.64. The molecule has 1 saturated heterocycles. The van der Waals surface area contributed by atoms with Crippen LogP contribution in [0.25, 0.3) is 10.9 Å². The van der Waals surface area contributed by atoms with Gasteiger partial charge in [0.2, 0.25) is 11.8 Å². The number of hydrogen-bond donors (Lipinski definition) is 2. The first-order valence-electron chi connectivity index (χ1n) is 11.5. The maximum Gasteiger partial charge on any atom is 0.246 e. The second-order valence-corrected chi connectivity index (χ2v) is 9.26. The number of nitrogens with one attached hydrogen (secondary N) is 1. The molecule has 1 saturated carbocycles. The van der Waals surface area contributed by atoms with Gasteiger partial charge >= 0.3 is 0 Å². The average molecular weight is 445 g/mol. The van der Waals surface area contributed by atoms with Crippen LogP contribution in [-0.2, 0) is 16.0 Å². The van der Waals surface area contributed by atoms with Crippen LogP contribution in [-0.4, -0.2) is 50.4 Å². The molecule has 8 nitrogen and oxygen atoms in total. The van der Waals surface area contributed by atoms with Crippen molar-refractivity contribution in [3.8, 4) is 0 Å². The van der Waals surface area contributed by atoms with E-state index in [1.807, 2.05) is 30.3 Å². The highest BCUT2D eigenvalue weighted by Gasteiger charge is 2.49. The highest BCUT2D eigenvalue weighted by atomic mass is 16.8. The number of anilines is 1. The van der Waals surface area contributed by atoms with Crippen molar-refractivity contribution in [1.29, 1.82) is 0 Å². The van der Waals surface area contributed by atoms with E-state index in [0.717, 1.165) is 47.8 Å². The number of carbonyl (C=O) groups is 2. The van der Waals surface area contributed by atoms with Crippen molar-refractivity contribution in [2.75, 3.05) is 11.8 Å². The van der Waals surface area contributed by atoms with E-state index in [-0.39, 0.29) is 35.3 Å². The first-order valence-corrected chi connectivity index (χ1v) is 11.5. The molecule has 8 heteroatoms. The molecule has 2 aromatic carbocycles. The zero-order valence-corrected chi connectivity index (χ0v) is 18.1. The smallest absolute Gasteiger partial charge is 0.246 e. The first kappa shape index (κ1) is 20.3. The Bertz CT molecular complexity index is 1250. The quantitative estimate of drug-likeness (QED) is 0.601. The molecule has 2 atom stereocenters. The Hall–Kier alpha value is -3.36. The first-order chi connectivity index (χ1) is 16.0. The molecule has 6 rings (SSSR count). The highest BCUT2D eigenvalue weighted by molar-refractivity contribution is 5.98. The van der Waals surface area contributed by atoms with Crippen LogP contribution in [0.1, 0.15) is 48.5 Å². The number of benzene rings is 2. The third kappa shape index (κ3) is 3.13. The topological polar surface area (TPSA) is 103 Å². The fourth-order valence-corrected chi connectivity index (χ4v) is 5.97. The summed E-state index contributed by atoms with van der Waals surface area (Å²) >= 11 is 0.